The van der Waals surface area contributed by atoms with E-state index in [4.69, 9.17) is 3.32 Å². The Kier molecular flexibility index (Phi) is 10.2. The summed E-state index contributed by atoms with van der Waals surface area (Å²) in [6.07, 6.45) is 7.35. The van der Waals surface area contributed by atoms with E-state index in [0.29, 0.717) is 0 Å². The van der Waals surface area contributed by atoms with Crippen molar-refractivity contribution < 1.29 is 25.1 Å². The molecule has 0 aliphatic rings. The molecule has 0 unspecified atom stereocenters. The van der Waals surface area contributed by atoms with Gasteiger partial charge in [0.1, 0.15) is 0 Å². The molecule has 0 aromatic rings. The first-order valence-corrected chi connectivity index (χ1v) is 11.2. The van der Waals surface area contributed by atoms with Gasteiger partial charge in [0.15, 0.2) is 0 Å². The van der Waals surface area contributed by atoms with E-state index in [0.717, 1.165) is 0 Å². The van der Waals surface area contributed by atoms with E-state index in [9.17, 15) is 4.79 Å². The molecule has 0 aliphatic carbocycles. The van der Waals surface area contributed by atoms with Crippen LogP contribution in [0, 0.1) is 0 Å². The summed E-state index contributed by atoms with van der Waals surface area (Å²) in [6.45, 7) is 8.26. The number of unbranched alkanes of at least 4 members (excludes halogenated alkanes) is 3. The molecule has 0 saturated carbocycles. The predicted molar refractivity (Wildman–Crippen MR) is 70.9 cm³/mol. The fourth-order valence-electron chi connectivity index (χ4n) is 2.33. The van der Waals surface area contributed by atoms with Crippen LogP contribution in [0.4, 0.5) is 0 Å². The minimum absolute atomic E-state index is 0.0340. The first-order chi connectivity index (χ1) is 8.10. The fraction of sp³-hybridized carbons (Fsp3) is 0.929. The Morgan fingerprint density at radius 1 is 0.882 bits per heavy atom. The van der Waals surface area contributed by atoms with Gasteiger partial charge >= 0.3 is 111 Å². The third-order valence-corrected chi connectivity index (χ3v) is 10.4. The average Bonchev–Trinajstić information content (AvgIpc) is 2.30. The molecule has 17 heavy (non-hydrogen) atoms. The first-order valence-electron chi connectivity index (χ1n) is 7.29. The summed E-state index contributed by atoms with van der Waals surface area (Å²) in [5.74, 6) is -0.0340. The van der Waals surface area contributed by atoms with E-state index in [1.807, 2.05) is 0 Å². The predicted octanol–water partition coefficient (Wildman–Crippen LogP) is 5.27. The van der Waals surface area contributed by atoms with Crippen LogP contribution in [0.2, 0.25) is 14.2 Å². The van der Waals surface area contributed by atoms with Gasteiger partial charge in [0.25, 0.3) is 0 Å². The van der Waals surface area contributed by atoms with E-state index in [1.54, 1.807) is 6.92 Å². The van der Waals surface area contributed by atoms with Crippen molar-refractivity contribution in [1.82, 2.24) is 0 Å². The van der Waals surface area contributed by atoms with E-state index < -0.39 is 17.0 Å². The van der Waals surface area contributed by atoms with Crippen LogP contribution in [0.5, 0.6) is 0 Å². The number of carbonyl (C=O) groups is 1. The van der Waals surface area contributed by atoms with Crippen molar-refractivity contribution in [3.8, 4) is 0 Å². The Hall–Kier alpha value is 0.184. The van der Waals surface area contributed by atoms with E-state index in [-0.39, 0.29) is 5.97 Å². The second-order valence-corrected chi connectivity index (χ2v) is 11.4. The summed E-state index contributed by atoms with van der Waals surface area (Å²) in [5, 5.41) is 0. The Morgan fingerprint density at radius 2 is 1.24 bits per heavy atom. The Labute approximate surface area is 111 Å². The average molecular weight is 278 g/mol. The summed E-state index contributed by atoms with van der Waals surface area (Å²) >= 11 is -2.33. The summed E-state index contributed by atoms with van der Waals surface area (Å²) < 4.78 is 9.55. The molecule has 0 amide bonds. The monoisotopic (exact) mass is 278 g/mol. The number of carbonyl (C=O) groups excluding carboxylic acids is 1. The zero-order valence-electron chi connectivity index (χ0n) is 12.2. The summed E-state index contributed by atoms with van der Waals surface area (Å²) in [5.41, 5.74) is 0. The van der Waals surface area contributed by atoms with Crippen LogP contribution in [0.15, 0.2) is 0 Å². The summed E-state index contributed by atoms with van der Waals surface area (Å²) in [4.78, 5) is 11.4. The standard InChI is InChI=1S/3C4H9.C2H4O2.Ti/c3*1-3-4-2;1-2(3)4;/h3*1,3-4H2,2H3;1H3,(H,3,4);/q;;;;+1/p-1. The first kappa shape index (κ1) is 17.2. The summed E-state index contributed by atoms with van der Waals surface area (Å²) in [6, 6.07) is 0. The van der Waals surface area contributed by atoms with Crippen molar-refractivity contribution in [2.75, 3.05) is 0 Å². The van der Waals surface area contributed by atoms with Gasteiger partial charge in [-0.2, -0.15) is 0 Å². The molecule has 0 N–H and O–H groups in total. The molecule has 3 heteroatoms. The molecule has 0 aliphatic heterocycles. The zero-order valence-corrected chi connectivity index (χ0v) is 13.7. The number of hydrogen-bond donors (Lipinski definition) is 0. The van der Waals surface area contributed by atoms with Crippen molar-refractivity contribution in [1.29, 1.82) is 0 Å². The second-order valence-electron chi connectivity index (χ2n) is 5.09. The van der Waals surface area contributed by atoms with Gasteiger partial charge in [0.2, 0.25) is 0 Å². The normalized spacial score (nSPS) is 11.5. The van der Waals surface area contributed by atoms with Crippen molar-refractivity contribution in [3.63, 3.8) is 0 Å². The number of rotatable bonds is 10. The van der Waals surface area contributed by atoms with Crippen LogP contribution < -0.4 is 0 Å². The Balaban J connectivity index is 4.56. The fourth-order valence-corrected chi connectivity index (χ4v) is 9.61. The van der Waals surface area contributed by atoms with Gasteiger partial charge in [-0.15, -0.1) is 0 Å². The quantitative estimate of drug-likeness (QED) is 0.508. The molecule has 102 valence electrons. The van der Waals surface area contributed by atoms with Crippen LogP contribution in [-0.2, 0) is 25.1 Å². The van der Waals surface area contributed by atoms with Crippen molar-refractivity contribution in [2.24, 2.45) is 0 Å². The minimum atomic E-state index is -2.33. The molecule has 0 bridgehead atoms. The molecule has 0 fully saturated rings. The third-order valence-electron chi connectivity index (χ3n) is 3.32. The Bertz CT molecular complexity index is 183. The molecule has 0 radical (unpaired) electrons. The molecule has 0 spiro atoms. The molecule has 0 atom stereocenters. The van der Waals surface area contributed by atoms with Gasteiger partial charge < -0.3 is 0 Å². The molecule has 0 aromatic carbocycles. The van der Waals surface area contributed by atoms with Crippen LogP contribution in [0.3, 0.4) is 0 Å². The van der Waals surface area contributed by atoms with E-state index in [1.165, 1.54) is 52.7 Å². The second kappa shape index (κ2) is 10.1. The summed E-state index contributed by atoms with van der Waals surface area (Å²) in [7, 11) is 0. The molecule has 0 saturated heterocycles. The van der Waals surface area contributed by atoms with Gasteiger partial charge in [0, 0.05) is 0 Å². The molecular formula is C14H30O2Ti. The maximum absolute atomic E-state index is 11.4. The van der Waals surface area contributed by atoms with Crippen molar-refractivity contribution in [2.45, 2.75) is 80.4 Å². The van der Waals surface area contributed by atoms with Crippen LogP contribution >= 0.6 is 0 Å². The molecule has 0 rings (SSSR count). The van der Waals surface area contributed by atoms with Gasteiger partial charge in [-0.1, -0.05) is 0 Å². The SMILES string of the molecule is CCC[CH2][Ti]([CH2]CCC)([CH2]CCC)[O]C(C)=O. The topological polar surface area (TPSA) is 26.3 Å². The van der Waals surface area contributed by atoms with Gasteiger partial charge in [-0.05, 0) is 0 Å². The zero-order chi connectivity index (χ0) is 13.1. The number of hydrogen-bond acceptors (Lipinski definition) is 2. The van der Waals surface area contributed by atoms with Gasteiger partial charge in [0.05, 0.1) is 0 Å². The van der Waals surface area contributed by atoms with Crippen LogP contribution in [-0.4, -0.2) is 5.97 Å². The molecule has 0 aromatic heterocycles. The maximum atomic E-state index is 11.4. The third kappa shape index (κ3) is 7.99. The Morgan fingerprint density at radius 3 is 1.47 bits per heavy atom. The van der Waals surface area contributed by atoms with Gasteiger partial charge in [-0.3, -0.25) is 0 Å². The van der Waals surface area contributed by atoms with Crippen molar-refractivity contribution in [3.05, 3.63) is 0 Å². The molecular weight excluding hydrogens is 248 g/mol. The van der Waals surface area contributed by atoms with E-state index in [2.05, 4.69) is 20.8 Å². The van der Waals surface area contributed by atoms with Crippen LogP contribution in [0.1, 0.15) is 66.2 Å². The molecule has 2 nitrogen and oxygen atoms in total. The van der Waals surface area contributed by atoms with Crippen molar-refractivity contribution >= 4 is 5.97 Å². The van der Waals surface area contributed by atoms with Crippen LogP contribution in [0.25, 0.3) is 0 Å². The van der Waals surface area contributed by atoms with E-state index >= 15 is 0 Å². The van der Waals surface area contributed by atoms with Gasteiger partial charge in [-0.25, -0.2) is 0 Å². The molecule has 0 heterocycles.